The molecule has 0 atom stereocenters. The van der Waals surface area contributed by atoms with Crippen LogP contribution in [0.3, 0.4) is 0 Å². The maximum atomic E-state index is 12.5. The van der Waals surface area contributed by atoms with Crippen LogP contribution in [-0.4, -0.2) is 31.8 Å². The Morgan fingerprint density at radius 1 is 1.50 bits per heavy atom. The third kappa shape index (κ3) is 3.21. The fourth-order valence-electron chi connectivity index (χ4n) is 2.17. The van der Waals surface area contributed by atoms with Crippen molar-refractivity contribution in [1.29, 1.82) is 0 Å². The van der Waals surface area contributed by atoms with Gasteiger partial charge in [0.1, 0.15) is 10.7 Å². The molecule has 1 aliphatic carbocycles. The Kier molecular flexibility index (Phi) is 3.93. The fraction of sp³-hybridized carbons (Fsp3) is 0.615. The van der Waals surface area contributed by atoms with Crippen LogP contribution in [0.1, 0.15) is 43.0 Å². The van der Waals surface area contributed by atoms with E-state index in [1.165, 1.54) is 13.0 Å². The Hall–Kier alpha value is -1.34. The Morgan fingerprint density at radius 2 is 2.10 bits per heavy atom. The molecule has 0 saturated heterocycles. The predicted molar refractivity (Wildman–Crippen MR) is 73.7 cm³/mol. The molecular formula is C13H20N2O4S. The number of aryl methyl sites for hydroxylation is 1. The van der Waals surface area contributed by atoms with Crippen LogP contribution in [0.5, 0.6) is 0 Å². The zero-order chi connectivity index (χ0) is 15.1. The highest BCUT2D eigenvalue weighted by atomic mass is 32.2. The molecule has 0 spiro atoms. The Bertz CT molecular complexity index is 614. The molecule has 0 aliphatic heterocycles. The van der Waals surface area contributed by atoms with Crippen molar-refractivity contribution >= 4 is 15.9 Å². The van der Waals surface area contributed by atoms with Gasteiger partial charge in [-0.3, -0.25) is 4.79 Å². The van der Waals surface area contributed by atoms with Crippen molar-refractivity contribution in [2.24, 2.45) is 11.1 Å². The highest BCUT2D eigenvalue weighted by Crippen LogP contribution is 2.30. The second-order valence-electron chi connectivity index (χ2n) is 5.66. The first-order valence-electron chi connectivity index (χ1n) is 6.64. The molecule has 1 fully saturated rings. The van der Waals surface area contributed by atoms with Crippen LogP contribution in [0.2, 0.25) is 0 Å². The fourth-order valence-corrected chi connectivity index (χ4v) is 2.89. The largest absolute Gasteiger partial charge is 0.455 e. The summed E-state index contributed by atoms with van der Waals surface area (Å²) in [5, 5.41) is 5.09. The minimum absolute atomic E-state index is 0.0408. The zero-order valence-corrected chi connectivity index (χ0v) is 12.7. The monoisotopic (exact) mass is 300 g/mol. The Morgan fingerprint density at radius 3 is 2.50 bits per heavy atom. The summed E-state index contributed by atoms with van der Waals surface area (Å²) in [5.41, 5.74) is 0. The van der Waals surface area contributed by atoms with Gasteiger partial charge in [-0.15, -0.1) is 0 Å². The quantitative estimate of drug-likeness (QED) is 0.891. The highest BCUT2D eigenvalue weighted by Gasteiger charge is 2.35. The van der Waals surface area contributed by atoms with Crippen molar-refractivity contribution in [2.45, 2.75) is 44.6 Å². The first-order valence-corrected chi connectivity index (χ1v) is 8.19. The number of carbonyl (C=O) groups excluding carboxylic acids is 1. The van der Waals surface area contributed by atoms with E-state index in [9.17, 15) is 13.2 Å². The van der Waals surface area contributed by atoms with Crippen molar-refractivity contribution in [3.63, 3.8) is 0 Å². The number of sulfonamides is 1. The molecule has 0 aromatic carbocycles. The average Bonchev–Trinajstić information content (AvgIpc) is 3.06. The second-order valence-corrected chi connectivity index (χ2v) is 7.19. The lowest BCUT2D eigenvalue weighted by Crippen LogP contribution is -2.35. The molecular weight excluding hydrogens is 280 g/mol. The summed E-state index contributed by atoms with van der Waals surface area (Å²) >= 11 is 0. The molecule has 6 nitrogen and oxygen atoms in total. The Labute approximate surface area is 119 Å². The predicted octanol–water partition coefficient (Wildman–Crippen LogP) is 1.50. The molecule has 0 radical (unpaired) electrons. The molecule has 0 unspecified atom stereocenters. The van der Waals surface area contributed by atoms with Gasteiger partial charge in [-0.05, 0) is 25.7 Å². The molecule has 20 heavy (non-hydrogen) atoms. The lowest BCUT2D eigenvalue weighted by molar-refractivity contribution is 0.0688. The van der Waals surface area contributed by atoms with Gasteiger partial charge in [0.25, 0.3) is 5.91 Å². The first kappa shape index (κ1) is 15.1. The summed E-state index contributed by atoms with van der Waals surface area (Å²) < 4.78 is 28.0. The van der Waals surface area contributed by atoms with Crippen LogP contribution in [0.25, 0.3) is 0 Å². The van der Waals surface area contributed by atoms with Crippen molar-refractivity contribution in [1.82, 2.24) is 4.90 Å². The molecule has 112 valence electrons. The van der Waals surface area contributed by atoms with Gasteiger partial charge >= 0.3 is 0 Å². The minimum Gasteiger partial charge on any atom is -0.455 e. The van der Waals surface area contributed by atoms with E-state index in [0.717, 1.165) is 12.8 Å². The molecule has 1 amide bonds. The third-order valence-corrected chi connectivity index (χ3v) is 4.22. The van der Waals surface area contributed by atoms with Crippen molar-refractivity contribution in [3.8, 4) is 0 Å². The first-order chi connectivity index (χ1) is 9.20. The standard InChI is InChI=1S/C13H20N2O4S/c1-8(2)7-15(10-4-5-10)13(16)11-6-12(9(3)19-11)20(14,17)18/h6,8,10H,4-5,7H2,1-3H3,(H2,14,17,18). The van der Waals surface area contributed by atoms with Gasteiger partial charge < -0.3 is 9.32 Å². The maximum Gasteiger partial charge on any atom is 0.289 e. The van der Waals surface area contributed by atoms with E-state index in [2.05, 4.69) is 0 Å². The molecule has 1 aromatic rings. The molecule has 7 heteroatoms. The molecule has 1 saturated carbocycles. The van der Waals surface area contributed by atoms with Gasteiger partial charge in [-0.2, -0.15) is 0 Å². The van der Waals surface area contributed by atoms with E-state index in [1.54, 1.807) is 4.90 Å². The smallest absolute Gasteiger partial charge is 0.289 e. The molecule has 0 bridgehead atoms. The van der Waals surface area contributed by atoms with E-state index in [-0.39, 0.29) is 28.4 Å². The lowest BCUT2D eigenvalue weighted by Gasteiger charge is -2.23. The SMILES string of the molecule is Cc1oc(C(=O)N(CC(C)C)C2CC2)cc1S(N)(=O)=O. The normalized spacial score (nSPS) is 15.7. The number of amides is 1. The number of rotatable bonds is 5. The molecule has 1 heterocycles. The van der Waals surface area contributed by atoms with Crippen LogP contribution >= 0.6 is 0 Å². The number of hydrogen-bond donors (Lipinski definition) is 1. The number of nitrogens with two attached hydrogens (primary N) is 1. The number of furan rings is 1. The summed E-state index contributed by atoms with van der Waals surface area (Å²) in [6.07, 6.45) is 1.97. The molecule has 1 aliphatic rings. The van der Waals surface area contributed by atoms with Gasteiger partial charge in [0, 0.05) is 18.7 Å². The summed E-state index contributed by atoms with van der Waals surface area (Å²) in [6.45, 7) is 6.19. The zero-order valence-electron chi connectivity index (χ0n) is 11.9. The number of carbonyl (C=O) groups is 1. The second kappa shape index (κ2) is 5.21. The minimum atomic E-state index is -3.86. The van der Waals surface area contributed by atoms with E-state index >= 15 is 0 Å². The summed E-state index contributed by atoms with van der Waals surface area (Å²) in [5.74, 6) is 0.266. The van der Waals surface area contributed by atoms with Crippen LogP contribution in [0.4, 0.5) is 0 Å². The van der Waals surface area contributed by atoms with E-state index in [4.69, 9.17) is 9.56 Å². The molecule has 2 rings (SSSR count). The number of nitrogens with zero attached hydrogens (tertiary/aromatic N) is 1. The van der Waals surface area contributed by atoms with Crippen LogP contribution in [0.15, 0.2) is 15.4 Å². The highest BCUT2D eigenvalue weighted by molar-refractivity contribution is 7.89. The molecule has 1 aromatic heterocycles. The van der Waals surface area contributed by atoms with E-state index in [0.29, 0.717) is 12.5 Å². The summed E-state index contributed by atoms with van der Waals surface area (Å²) in [6, 6.07) is 1.47. The maximum absolute atomic E-state index is 12.5. The summed E-state index contributed by atoms with van der Waals surface area (Å²) in [4.78, 5) is 14.1. The van der Waals surface area contributed by atoms with Crippen molar-refractivity contribution in [2.75, 3.05) is 6.54 Å². The van der Waals surface area contributed by atoms with Gasteiger partial charge in [0.15, 0.2) is 5.76 Å². The number of hydrogen-bond acceptors (Lipinski definition) is 4. The van der Waals surface area contributed by atoms with Gasteiger partial charge in [0.2, 0.25) is 10.0 Å². The van der Waals surface area contributed by atoms with Crippen LogP contribution in [0, 0.1) is 12.8 Å². The summed E-state index contributed by atoms with van der Waals surface area (Å²) in [7, 11) is -3.86. The van der Waals surface area contributed by atoms with Crippen molar-refractivity contribution in [3.05, 3.63) is 17.6 Å². The lowest BCUT2D eigenvalue weighted by atomic mass is 10.2. The topological polar surface area (TPSA) is 93.6 Å². The average molecular weight is 300 g/mol. The third-order valence-electron chi connectivity index (χ3n) is 3.20. The van der Waals surface area contributed by atoms with Crippen molar-refractivity contribution < 1.29 is 17.6 Å². The van der Waals surface area contributed by atoms with Gasteiger partial charge in [0.05, 0.1) is 0 Å². The van der Waals surface area contributed by atoms with E-state index < -0.39 is 10.0 Å². The molecule has 2 N–H and O–H groups in total. The Balaban J connectivity index is 2.28. The van der Waals surface area contributed by atoms with Gasteiger partial charge in [-0.1, -0.05) is 13.8 Å². The van der Waals surface area contributed by atoms with E-state index in [1.807, 2.05) is 13.8 Å². The van der Waals surface area contributed by atoms with Crippen LogP contribution in [-0.2, 0) is 10.0 Å². The number of primary sulfonamides is 1. The van der Waals surface area contributed by atoms with Gasteiger partial charge in [-0.25, -0.2) is 13.6 Å². The van der Waals surface area contributed by atoms with Crippen LogP contribution < -0.4 is 5.14 Å².